The summed E-state index contributed by atoms with van der Waals surface area (Å²) in [5, 5.41) is 0. The van der Waals surface area contributed by atoms with Crippen LogP contribution in [-0.4, -0.2) is 62.2 Å². The van der Waals surface area contributed by atoms with Crippen LogP contribution >= 0.6 is 0 Å². The fourth-order valence-corrected chi connectivity index (χ4v) is 4.06. The standard InChI is InChI=1S/C17H36N4/c18-8-14-20-10-4-16(5-11-20)2-1-3-17-6-12-21(13-7-17)15-9-19/h16-17H,1-15,18-19H2. The highest BCUT2D eigenvalue weighted by Crippen LogP contribution is 2.27. The average molecular weight is 297 g/mol. The Bertz CT molecular complexity index is 230. The van der Waals surface area contributed by atoms with E-state index in [0.29, 0.717) is 0 Å². The summed E-state index contributed by atoms with van der Waals surface area (Å²) in [5.41, 5.74) is 11.3. The summed E-state index contributed by atoms with van der Waals surface area (Å²) in [6, 6.07) is 0. The molecule has 0 amide bonds. The Morgan fingerprint density at radius 3 is 1.38 bits per heavy atom. The van der Waals surface area contributed by atoms with Gasteiger partial charge in [-0.05, 0) is 63.7 Å². The van der Waals surface area contributed by atoms with Crippen molar-refractivity contribution in [1.82, 2.24) is 9.80 Å². The molecule has 2 rings (SSSR count). The highest BCUT2D eigenvalue weighted by molar-refractivity contribution is 4.75. The Balaban J connectivity index is 1.51. The summed E-state index contributed by atoms with van der Waals surface area (Å²) >= 11 is 0. The van der Waals surface area contributed by atoms with E-state index in [0.717, 1.165) is 38.0 Å². The largest absolute Gasteiger partial charge is 0.329 e. The molecular formula is C17H36N4. The third kappa shape index (κ3) is 6.23. The average Bonchev–Trinajstić information content (AvgIpc) is 2.51. The molecule has 21 heavy (non-hydrogen) atoms. The van der Waals surface area contributed by atoms with Gasteiger partial charge in [-0.1, -0.05) is 19.3 Å². The first-order valence-corrected chi connectivity index (χ1v) is 9.16. The molecular weight excluding hydrogens is 260 g/mol. The van der Waals surface area contributed by atoms with E-state index in [1.807, 2.05) is 0 Å². The first kappa shape index (κ1) is 17.2. The Morgan fingerprint density at radius 2 is 1.05 bits per heavy atom. The van der Waals surface area contributed by atoms with Gasteiger partial charge in [0.15, 0.2) is 0 Å². The van der Waals surface area contributed by atoms with Crippen LogP contribution in [0.25, 0.3) is 0 Å². The molecule has 2 aliphatic heterocycles. The van der Waals surface area contributed by atoms with Gasteiger partial charge >= 0.3 is 0 Å². The molecule has 4 N–H and O–H groups in total. The lowest BCUT2D eigenvalue weighted by Crippen LogP contribution is -2.37. The van der Waals surface area contributed by atoms with Crippen LogP contribution in [0.3, 0.4) is 0 Å². The van der Waals surface area contributed by atoms with E-state index in [9.17, 15) is 0 Å². The van der Waals surface area contributed by atoms with Crippen molar-refractivity contribution in [3.63, 3.8) is 0 Å². The van der Waals surface area contributed by atoms with Crippen molar-refractivity contribution in [1.29, 1.82) is 0 Å². The van der Waals surface area contributed by atoms with Crippen molar-refractivity contribution in [3.8, 4) is 0 Å². The minimum atomic E-state index is 0.813. The third-order valence-electron chi connectivity index (χ3n) is 5.53. The molecule has 0 unspecified atom stereocenters. The predicted molar refractivity (Wildman–Crippen MR) is 90.3 cm³/mol. The fraction of sp³-hybridized carbons (Fsp3) is 1.00. The Kier molecular flexibility index (Phi) is 8.01. The number of nitrogens with zero attached hydrogens (tertiary/aromatic N) is 2. The van der Waals surface area contributed by atoms with E-state index in [4.69, 9.17) is 11.5 Å². The van der Waals surface area contributed by atoms with E-state index < -0.39 is 0 Å². The lowest BCUT2D eigenvalue weighted by atomic mass is 9.87. The second-order valence-electron chi connectivity index (χ2n) is 7.08. The molecule has 124 valence electrons. The minimum Gasteiger partial charge on any atom is -0.329 e. The van der Waals surface area contributed by atoms with Crippen molar-refractivity contribution in [2.24, 2.45) is 23.3 Å². The highest BCUT2D eigenvalue weighted by atomic mass is 15.1. The molecule has 0 saturated carbocycles. The SMILES string of the molecule is NCCN1CCC(CCCC2CCN(CCN)CC2)CC1. The van der Waals surface area contributed by atoms with Crippen molar-refractivity contribution >= 4 is 0 Å². The number of likely N-dealkylation sites (tertiary alicyclic amines) is 2. The Morgan fingerprint density at radius 1 is 0.667 bits per heavy atom. The van der Waals surface area contributed by atoms with Gasteiger partial charge in [0.05, 0.1) is 0 Å². The number of hydrogen-bond donors (Lipinski definition) is 2. The van der Waals surface area contributed by atoms with Gasteiger partial charge in [-0.3, -0.25) is 0 Å². The van der Waals surface area contributed by atoms with Crippen molar-refractivity contribution < 1.29 is 0 Å². The maximum atomic E-state index is 5.63. The first-order chi connectivity index (χ1) is 10.3. The molecule has 0 aromatic rings. The van der Waals surface area contributed by atoms with Crippen LogP contribution in [-0.2, 0) is 0 Å². The van der Waals surface area contributed by atoms with E-state index in [1.54, 1.807) is 0 Å². The van der Waals surface area contributed by atoms with Crippen LogP contribution in [0.2, 0.25) is 0 Å². The van der Waals surface area contributed by atoms with Crippen LogP contribution in [0.4, 0.5) is 0 Å². The molecule has 0 aromatic heterocycles. The summed E-state index contributed by atoms with van der Waals surface area (Å²) < 4.78 is 0. The van der Waals surface area contributed by atoms with E-state index in [1.165, 1.54) is 71.1 Å². The second-order valence-corrected chi connectivity index (χ2v) is 7.08. The quantitative estimate of drug-likeness (QED) is 0.713. The second kappa shape index (κ2) is 9.78. The monoisotopic (exact) mass is 296 g/mol. The van der Waals surface area contributed by atoms with Gasteiger partial charge in [-0.2, -0.15) is 0 Å². The number of nitrogens with two attached hydrogens (primary N) is 2. The molecule has 2 saturated heterocycles. The van der Waals surface area contributed by atoms with Crippen LogP contribution in [0, 0.1) is 11.8 Å². The Labute approximate surface area is 131 Å². The lowest BCUT2D eigenvalue weighted by molar-refractivity contribution is 0.166. The molecule has 0 spiro atoms. The molecule has 2 heterocycles. The zero-order chi connectivity index (χ0) is 14.9. The maximum absolute atomic E-state index is 5.63. The lowest BCUT2D eigenvalue weighted by Gasteiger charge is -2.33. The minimum absolute atomic E-state index is 0.813. The summed E-state index contributed by atoms with van der Waals surface area (Å²) in [6.45, 7) is 8.92. The summed E-state index contributed by atoms with van der Waals surface area (Å²) in [7, 11) is 0. The molecule has 0 aromatic carbocycles. The summed E-state index contributed by atoms with van der Waals surface area (Å²) in [6.07, 6.45) is 9.95. The molecule has 0 bridgehead atoms. The molecule has 2 aliphatic rings. The van der Waals surface area contributed by atoms with Crippen molar-refractivity contribution in [2.75, 3.05) is 52.4 Å². The van der Waals surface area contributed by atoms with Gasteiger partial charge in [-0.25, -0.2) is 0 Å². The van der Waals surface area contributed by atoms with Gasteiger partial charge in [-0.15, -0.1) is 0 Å². The van der Waals surface area contributed by atoms with Crippen LogP contribution < -0.4 is 11.5 Å². The molecule has 4 heteroatoms. The molecule has 0 atom stereocenters. The summed E-state index contributed by atoms with van der Waals surface area (Å²) in [4.78, 5) is 5.06. The zero-order valence-corrected chi connectivity index (χ0v) is 13.8. The number of rotatable bonds is 8. The van der Waals surface area contributed by atoms with Gasteiger partial charge in [0, 0.05) is 26.2 Å². The number of hydrogen-bond acceptors (Lipinski definition) is 4. The topological polar surface area (TPSA) is 58.5 Å². The molecule has 0 aliphatic carbocycles. The van der Waals surface area contributed by atoms with Crippen molar-refractivity contribution in [2.45, 2.75) is 44.9 Å². The van der Waals surface area contributed by atoms with E-state index >= 15 is 0 Å². The highest BCUT2D eigenvalue weighted by Gasteiger charge is 2.21. The van der Waals surface area contributed by atoms with Gasteiger partial charge in [0.2, 0.25) is 0 Å². The molecule has 2 fully saturated rings. The van der Waals surface area contributed by atoms with Crippen LogP contribution in [0.15, 0.2) is 0 Å². The van der Waals surface area contributed by atoms with Gasteiger partial charge in [0.1, 0.15) is 0 Å². The fourth-order valence-electron chi connectivity index (χ4n) is 4.06. The Hall–Kier alpha value is -0.160. The van der Waals surface area contributed by atoms with E-state index in [2.05, 4.69) is 9.80 Å². The molecule has 0 radical (unpaired) electrons. The first-order valence-electron chi connectivity index (χ1n) is 9.16. The van der Waals surface area contributed by atoms with Gasteiger partial charge in [0.25, 0.3) is 0 Å². The maximum Gasteiger partial charge on any atom is 0.0105 e. The molecule has 4 nitrogen and oxygen atoms in total. The number of piperidine rings is 2. The zero-order valence-electron chi connectivity index (χ0n) is 13.8. The van der Waals surface area contributed by atoms with Crippen LogP contribution in [0.1, 0.15) is 44.9 Å². The van der Waals surface area contributed by atoms with Crippen molar-refractivity contribution in [3.05, 3.63) is 0 Å². The predicted octanol–water partition coefficient (Wildman–Crippen LogP) is 1.50. The van der Waals surface area contributed by atoms with E-state index in [-0.39, 0.29) is 0 Å². The normalized spacial score (nSPS) is 23.7. The smallest absolute Gasteiger partial charge is 0.0105 e. The summed E-state index contributed by atoms with van der Waals surface area (Å²) in [5.74, 6) is 1.97. The van der Waals surface area contributed by atoms with Crippen LogP contribution in [0.5, 0.6) is 0 Å². The van der Waals surface area contributed by atoms with Gasteiger partial charge < -0.3 is 21.3 Å². The third-order valence-corrected chi connectivity index (χ3v) is 5.53.